The Hall–Kier alpha value is -0.900. The second-order valence-electron chi connectivity index (χ2n) is 2.71. The van der Waals surface area contributed by atoms with Crippen LogP contribution in [-0.2, 0) is 0 Å². The fourth-order valence-electron chi connectivity index (χ4n) is 0.704. The van der Waals surface area contributed by atoms with Gasteiger partial charge in [0.2, 0.25) is 5.89 Å². The zero-order valence-corrected chi connectivity index (χ0v) is 6.90. The number of aliphatic hydroxyl groups is 1. The lowest BCUT2D eigenvalue weighted by Crippen LogP contribution is -2.11. The zero-order valence-electron chi connectivity index (χ0n) is 6.90. The molecule has 1 aromatic heterocycles. The first-order valence-electron chi connectivity index (χ1n) is 3.59. The summed E-state index contributed by atoms with van der Waals surface area (Å²) in [6, 6.07) is 0. The van der Waals surface area contributed by atoms with Crippen LogP contribution in [0.15, 0.2) is 4.52 Å². The molecule has 4 heteroatoms. The largest absolute Gasteiger partial charge is 0.393 e. The van der Waals surface area contributed by atoms with Crippen LogP contribution >= 0.6 is 0 Å². The van der Waals surface area contributed by atoms with Crippen molar-refractivity contribution in [1.82, 2.24) is 10.1 Å². The molecule has 0 aliphatic heterocycles. The van der Waals surface area contributed by atoms with Crippen LogP contribution in [0.5, 0.6) is 0 Å². The summed E-state index contributed by atoms with van der Waals surface area (Å²) in [4.78, 5) is 3.99. The smallest absolute Gasteiger partial charge is 0.232 e. The Bertz CT molecular complexity index is 232. The predicted octanol–water partition coefficient (Wildman–Crippen LogP) is 0.862. The van der Waals surface area contributed by atoms with E-state index >= 15 is 0 Å². The van der Waals surface area contributed by atoms with E-state index in [9.17, 15) is 0 Å². The number of aliphatic hydroxyl groups excluding tert-OH is 1. The van der Waals surface area contributed by atoms with Crippen molar-refractivity contribution < 1.29 is 9.63 Å². The Balaban J connectivity index is 2.76. The van der Waals surface area contributed by atoms with Crippen molar-refractivity contribution >= 4 is 0 Å². The van der Waals surface area contributed by atoms with Crippen LogP contribution < -0.4 is 0 Å². The molecular weight excluding hydrogens is 144 g/mol. The van der Waals surface area contributed by atoms with E-state index in [-0.39, 0.29) is 5.92 Å². The molecule has 0 saturated carbocycles. The molecular formula is C7H12N2O2. The van der Waals surface area contributed by atoms with Gasteiger partial charge in [0, 0.05) is 0 Å². The molecule has 1 heterocycles. The van der Waals surface area contributed by atoms with Gasteiger partial charge in [0.1, 0.15) is 0 Å². The number of hydrogen-bond acceptors (Lipinski definition) is 4. The van der Waals surface area contributed by atoms with E-state index in [1.54, 1.807) is 13.8 Å². The minimum atomic E-state index is -0.449. The topological polar surface area (TPSA) is 59.2 Å². The third-order valence-electron chi connectivity index (χ3n) is 1.66. The first kappa shape index (κ1) is 8.20. The fraction of sp³-hybridized carbons (Fsp3) is 0.714. The average Bonchev–Trinajstić information content (AvgIpc) is 2.34. The van der Waals surface area contributed by atoms with Crippen LogP contribution in [0.4, 0.5) is 0 Å². The van der Waals surface area contributed by atoms with Crippen LogP contribution in [-0.4, -0.2) is 21.4 Å². The van der Waals surface area contributed by atoms with Gasteiger partial charge in [0.05, 0.1) is 12.0 Å². The number of nitrogens with zero attached hydrogens (tertiary/aromatic N) is 2. The van der Waals surface area contributed by atoms with E-state index in [0.717, 1.165) is 0 Å². The summed E-state index contributed by atoms with van der Waals surface area (Å²) in [5.74, 6) is 1.02. The van der Waals surface area contributed by atoms with Crippen LogP contribution in [0.25, 0.3) is 0 Å². The lowest BCUT2D eigenvalue weighted by atomic mass is 10.1. The number of hydrogen-bond donors (Lipinski definition) is 1. The molecule has 0 bridgehead atoms. The zero-order chi connectivity index (χ0) is 8.43. The van der Waals surface area contributed by atoms with Gasteiger partial charge in [0.25, 0.3) is 0 Å². The second-order valence-corrected chi connectivity index (χ2v) is 2.71. The Kier molecular flexibility index (Phi) is 2.24. The molecule has 0 unspecified atom stereocenters. The van der Waals surface area contributed by atoms with Gasteiger partial charge in [-0.2, -0.15) is 4.98 Å². The maximum atomic E-state index is 9.16. The Morgan fingerprint density at radius 1 is 1.45 bits per heavy atom. The van der Waals surface area contributed by atoms with E-state index in [4.69, 9.17) is 9.63 Å². The van der Waals surface area contributed by atoms with Crippen molar-refractivity contribution in [3.05, 3.63) is 11.7 Å². The third kappa shape index (κ3) is 1.77. The SMILES string of the molecule is Cc1noc([C@@H](C)[C@@H](C)O)n1. The lowest BCUT2D eigenvalue weighted by Gasteiger charge is -2.07. The van der Waals surface area contributed by atoms with E-state index in [1.165, 1.54) is 0 Å². The van der Waals surface area contributed by atoms with Crippen molar-refractivity contribution in [2.75, 3.05) is 0 Å². The van der Waals surface area contributed by atoms with Gasteiger partial charge < -0.3 is 9.63 Å². The van der Waals surface area contributed by atoms with E-state index in [0.29, 0.717) is 11.7 Å². The molecule has 0 radical (unpaired) electrons. The molecule has 62 valence electrons. The molecule has 0 aromatic carbocycles. The molecule has 0 fully saturated rings. The third-order valence-corrected chi connectivity index (χ3v) is 1.66. The molecule has 0 aliphatic rings. The maximum Gasteiger partial charge on any atom is 0.232 e. The van der Waals surface area contributed by atoms with Gasteiger partial charge in [-0.05, 0) is 13.8 Å². The van der Waals surface area contributed by atoms with Crippen molar-refractivity contribution in [2.24, 2.45) is 0 Å². The van der Waals surface area contributed by atoms with Gasteiger partial charge in [0.15, 0.2) is 5.82 Å². The van der Waals surface area contributed by atoms with E-state index in [1.807, 2.05) is 6.92 Å². The highest BCUT2D eigenvalue weighted by molar-refractivity contribution is 4.92. The van der Waals surface area contributed by atoms with Gasteiger partial charge >= 0.3 is 0 Å². The van der Waals surface area contributed by atoms with Crippen LogP contribution in [0.1, 0.15) is 31.5 Å². The Morgan fingerprint density at radius 3 is 2.45 bits per heavy atom. The minimum Gasteiger partial charge on any atom is -0.393 e. The Morgan fingerprint density at radius 2 is 2.09 bits per heavy atom. The minimum absolute atomic E-state index is 0.0869. The molecule has 1 rings (SSSR count). The van der Waals surface area contributed by atoms with Crippen LogP contribution in [0.3, 0.4) is 0 Å². The van der Waals surface area contributed by atoms with Crippen LogP contribution in [0.2, 0.25) is 0 Å². The molecule has 4 nitrogen and oxygen atoms in total. The van der Waals surface area contributed by atoms with Crippen molar-refractivity contribution in [2.45, 2.75) is 32.8 Å². The molecule has 0 aliphatic carbocycles. The molecule has 1 aromatic rings. The summed E-state index contributed by atoms with van der Waals surface area (Å²) >= 11 is 0. The number of rotatable bonds is 2. The number of aromatic nitrogens is 2. The summed E-state index contributed by atoms with van der Waals surface area (Å²) in [5.41, 5.74) is 0. The standard InChI is InChI=1S/C7H12N2O2/c1-4(5(2)10)7-8-6(3)9-11-7/h4-5,10H,1-3H3/t4-,5+/m0/s1. The fourth-order valence-corrected chi connectivity index (χ4v) is 0.704. The van der Waals surface area contributed by atoms with Crippen molar-refractivity contribution in [1.29, 1.82) is 0 Å². The maximum absolute atomic E-state index is 9.16. The lowest BCUT2D eigenvalue weighted by molar-refractivity contribution is 0.151. The van der Waals surface area contributed by atoms with Gasteiger partial charge in [-0.25, -0.2) is 0 Å². The normalized spacial score (nSPS) is 16.4. The summed E-state index contributed by atoms with van der Waals surface area (Å²) in [5, 5.41) is 12.8. The van der Waals surface area contributed by atoms with Crippen LogP contribution in [0, 0.1) is 6.92 Å². The summed E-state index contributed by atoms with van der Waals surface area (Å²) in [7, 11) is 0. The summed E-state index contributed by atoms with van der Waals surface area (Å²) in [6.07, 6.45) is -0.449. The highest BCUT2D eigenvalue weighted by Crippen LogP contribution is 2.15. The Labute approximate surface area is 65.2 Å². The quantitative estimate of drug-likeness (QED) is 0.690. The molecule has 0 amide bonds. The number of aryl methyl sites for hydroxylation is 1. The molecule has 1 N–H and O–H groups in total. The van der Waals surface area contributed by atoms with Crippen molar-refractivity contribution in [3.8, 4) is 0 Å². The first-order valence-corrected chi connectivity index (χ1v) is 3.59. The van der Waals surface area contributed by atoms with Gasteiger partial charge in [-0.3, -0.25) is 0 Å². The summed E-state index contributed by atoms with van der Waals surface area (Å²) in [6.45, 7) is 5.30. The monoisotopic (exact) mass is 156 g/mol. The highest BCUT2D eigenvalue weighted by Gasteiger charge is 2.17. The molecule has 0 saturated heterocycles. The predicted molar refractivity (Wildman–Crippen MR) is 39.1 cm³/mol. The molecule has 11 heavy (non-hydrogen) atoms. The molecule has 0 spiro atoms. The second kappa shape index (κ2) is 3.00. The van der Waals surface area contributed by atoms with E-state index in [2.05, 4.69) is 10.1 Å². The van der Waals surface area contributed by atoms with Gasteiger partial charge in [-0.15, -0.1) is 0 Å². The summed E-state index contributed by atoms with van der Waals surface area (Å²) < 4.78 is 4.87. The highest BCUT2D eigenvalue weighted by atomic mass is 16.5. The molecule has 2 atom stereocenters. The van der Waals surface area contributed by atoms with Gasteiger partial charge in [-0.1, -0.05) is 12.1 Å². The van der Waals surface area contributed by atoms with E-state index < -0.39 is 6.10 Å². The average molecular weight is 156 g/mol. The first-order chi connectivity index (χ1) is 5.11. The van der Waals surface area contributed by atoms with Crippen molar-refractivity contribution in [3.63, 3.8) is 0 Å².